The molecule has 0 bridgehead atoms. The number of aromatic nitrogens is 1. The summed E-state index contributed by atoms with van der Waals surface area (Å²) in [6.45, 7) is 12.3. The summed E-state index contributed by atoms with van der Waals surface area (Å²) in [5.74, 6) is -14.5. The van der Waals surface area contributed by atoms with Crippen LogP contribution in [0.2, 0.25) is 0 Å². The van der Waals surface area contributed by atoms with Gasteiger partial charge in [0.1, 0.15) is 66.5 Å². The molecule has 0 aliphatic carbocycles. The van der Waals surface area contributed by atoms with E-state index in [1.807, 2.05) is 18.2 Å². The maximum Gasteiger partial charge on any atom is 0.326 e. The van der Waals surface area contributed by atoms with Crippen molar-refractivity contribution in [2.24, 2.45) is 29.2 Å². The Labute approximate surface area is 671 Å². The predicted octanol–water partition coefficient (Wildman–Crippen LogP) is 2.01. The van der Waals surface area contributed by atoms with Gasteiger partial charge in [0.15, 0.2) is 0 Å². The number of rotatable bonds is 55. The number of H-pyrrole nitrogens is 1. The summed E-state index contributed by atoms with van der Waals surface area (Å²) in [5, 5.41) is 77.3. The van der Waals surface area contributed by atoms with Crippen LogP contribution in [0.4, 0.5) is 0 Å². The van der Waals surface area contributed by atoms with Crippen molar-refractivity contribution < 1.29 is 97.5 Å². The molecule has 0 radical (unpaired) electrons. The van der Waals surface area contributed by atoms with Crippen molar-refractivity contribution in [3.8, 4) is 0 Å². The van der Waals surface area contributed by atoms with Gasteiger partial charge < -0.3 is 100 Å². The van der Waals surface area contributed by atoms with Gasteiger partial charge in [-0.1, -0.05) is 147 Å². The first-order valence-corrected chi connectivity index (χ1v) is 40.1. The van der Waals surface area contributed by atoms with Gasteiger partial charge in [0.2, 0.25) is 76.8 Å². The lowest BCUT2D eigenvalue weighted by atomic mass is 9.96. The topological polar surface area (TPSA) is 549 Å². The molecular weight excluding hydrogens is 1490 g/mol. The van der Waals surface area contributed by atoms with Crippen molar-refractivity contribution in [2.75, 3.05) is 13.2 Å². The number of carbonyl (C=O) groups excluding carboxylic acids is 13. The molecule has 14 atom stereocenters. The van der Waals surface area contributed by atoms with Gasteiger partial charge in [-0.3, -0.25) is 62.3 Å². The fourth-order valence-corrected chi connectivity index (χ4v) is 13.3. The van der Waals surface area contributed by atoms with Gasteiger partial charge in [0, 0.05) is 55.7 Å². The molecule has 4 rings (SSSR count). The molecule has 2 heterocycles. The Morgan fingerprint density at radius 1 is 0.496 bits per heavy atom. The van der Waals surface area contributed by atoms with E-state index in [0.717, 1.165) is 68.7 Å². The van der Waals surface area contributed by atoms with Gasteiger partial charge in [-0.05, 0) is 119 Å². The average molecular weight is 1610 g/mol. The number of aliphatic hydroxyl groups is 3. The number of unbranched alkanes of at least 4 members (excludes halogenated alkanes) is 10. The van der Waals surface area contributed by atoms with Gasteiger partial charge in [-0.2, -0.15) is 0 Å². The zero-order valence-corrected chi connectivity index (χ0v) is 67.5. The van der Waals surface area contributed by atoms with Crippen LogP contribution < -0.4 is 64.6 Å². The zero-order chi connectivity index (χ0) is 85.4. The summed E-state index contributed by atoms with van der Waals surface area (Å²) in [6.07, 6.45) is 12.5. The molecule has 1 saturated heterocycles. The maximum absolute atomic E-state index is 14.2. The van der Waals surface area contributed by atoms with E-state index < -0.39 is 180 Å². The summed E-state index contributed by atoms with van der Waals surface area (Å²) in [7, 11) is 0. The number of aromatic amines is 1. The van der Waals surface area contributed by atoms with Crippen molar-refractivity contribution in [1.29, 1.82) is 0 Å². The molecule has 1 aliphatic heterocycles. The molecule has 115 heavy (non-hydrogen) atoms. The third-order valence-corrected chi connectivity index (χ3v) is 20.0. The van der Waals surface area contributed by atoms with Crippen molar-refractivity contribution in [3.63, 3.8) is 0 Å². The minimum Gasteiger partial charge on any atom is -0.480 e. The number of fused-ring (bicyclic) bond motifs is 1. The molecule has 1 aliphatic rings. The number of aliphatic hydroxyl groups excluding tert-OH is 3. The van der Waals surface area contributed by atoms with E-state index in [1.165, 1.54) is 18.7 Å². The number of carbonyl (C=O) groups is 15. The monoisotopic (exact) mass is 1610 g/mol. The van der Waals surface area contributed by atoms with E-state index in [1.54, 1.807) is 84.1 Å². The number of amides is 13. The second-order valence-electron chi connectivity index (χ2n) is 30.7. The van der Waals surface area contributed by atoms with Gasteiger partial charge in [0.05, 0.1) is 25.2 Å². The maximum atomic E-state index is 14.2. The highest BCUT2D eigenvalue weighted by atomic mass is 16.4. The molecular formula is C81H124N14O20. The molecule has 638 valence electrons. The number of hydrogen-bond donors (Lipinski definition) is 18. The highest BCUT2D eigenvalue weighted by molar-refractivity contribution is 6.00. The van der Waals surface area contributed by atoms with Gasteiger partial charge in [0.25, 0.3) is 0 Å². The number of nitrogens with two attached hydrogens (primary N) is 2. The number of nitrogens with zero attached hydrogens (tertiary/aromatic N) is 1. The first-order valence-electron chi connectivity index (χ1n) is 40.1. The number of hydrogen-bond acceptors (Lipinski definition) is 18. The fourth-order valence-electron chi connectivity index (χ4n) is 13.3. The number of carboxylic acid groups (broad SMARTS) is 2. The van der Waals surface area contributed by atoms with Crippen molar-refractivity contribution in [1.82, 2.24) is 63.1 Å². The molecule has 2 aromatic carbocycles. The Bertz CT molecular complexity index is 3740. The lowest BCUT2D eigenvalue weighted by molar-refractivity contribution is -0.143. The van der Waals surface area contributed by atoms with E-state index in [4.69, 9.17) is 11.5 Å². The van der Waals surface area contributed by atoms with Crippen LogP contribution in [-0.4, -0.2) is 216 Å². The molecule has 0 saturated carbocycles. The van der Waals surface area contributed by atoms with Crippen molar-refractivity contribution in [2.45, 2.75) is 288 Å². The van der Waals surface area contributed by atoms with Gasteiger partial charge in [-0.25, -0.2) is 9.59 Å². The Balaban J connectivity index is 1.16. The standard InChI is InChI=1S/C81H124N14O20/c1-9-49(6)68(77(109)94-70(51(8)98)79(111)89-58(41-48(4)5)73(105)91-61(81(114)115)43-53-45-84-55-33-28-27-32-54(53)55)92-71(103)56(37-38-64(82)99)86-76(108)63-34-29-39-95(63)67(102)36-26-21-19-17-15-13-11-10-12-14-16-18-20-25-35-66(101)85-62(46-96)75(107)93-69(50(7)97)78(110)88-57(40-47(2)3)72(104)87-59(44-65(83)100)74(106)90-60(80(112)113)42-52-30-23-22-24-31-52/h10-11,22-24,27-28,30-33,45,47-51,56-63,68-70,84,96-98H,9,12-21,25-26,29,34-44,46H2,1-8H3,(H2,82,99)(H2,83,100)(H,85,101)(H,86,108)(H,87,104)(H,88,110)(H,89,111)(H,90,106)(H,91,105)(H,92,103)(H,93,107)(H,94,109)(H,112,113)(H,114,115)/b11-10-/t49-,50-,51+,56-,57+,58-,59+,60+,61-,62+,63-,68-,69+,70-/m0/s1. The van der Waals surface area contributed by atoms with Crippen molar-refractivity contribution in [3.05, 3.63) is 84.1 Å². The minimum atomic E-state index is -1.70. The fraction of sp³-hybridized carbons (Fsp3) is 0.617. The van der Waals surface area contributed by atoms with Crippen LogP contribution in [0.5, 0.6) is 0 Å². The minimum absolute atomic E-state index is 0.0344. The molecule has 34 nitrogen and oxygen atoms in total. The highest BCUT2D eigenvalue weighted by Gasteiger charge is 2.41. The first-order chi connectivity index (χ1) is 54.5. The summed E-state index contributed by atoms with van der Waals surface area (Å²) in [5.41, 5.74) is 12.9. The molecule has 20 N–H and O–H groups in total. The van der Waals surface area contributed by atoms with E-state index in [9.17, 15) is 97.5 Å². The summed E-state index contributed by atoms with van der Waals surface area (Å²) in [6, 6.07) is -0.0788. The number of likely N-dealkylation sites (tertiary alicyclic amines) is 1. The lowest BCUT2D eigenvalue weighted by Crippen LogP contribution is -2.62. The Kier molecular flexibility index (Phi) is 42.8. The quantitative estimate of drug-likeness (QED) is 0.0284. The van der Waals surface area contributed by atoms with Crippen molar-refractivity contribution >= 4 is 99.6 Å². The number of para-hydroxylation sites is 1. The average Bonchev–Trinajstić information content (AvgIpc) is 1.62. The molecule has 0 spiro atoms. The SMILES string of the molecule is CC[C@H](C)[C@H](NC(=O)[C@H](CCC(N)=O)NC(=O)[C@@H]1CCCN1C(=O)CCCCCCC/C=C\CCCCCCCC(=O)N[C@H](CO)C(=O)N[C@@H](C(=O)N[C@H](CC(C)C)C(=O)N[C@H](CC(N)=O)C(=O)N[C@H](Cc1ccccc1)C(=O)O)[C@H](C)O)C(=O)N[C@H](C(=O)N[C@@H](CC(C)C)C(=O)N[C@@H](Cc1c[nH]c2ccccc12)C(=O)O)[C@@H](C)O. The largest absolute Gasteiger partial charge is 0.480 e. The lowest BCUT2D eigenvalue weighted by Gasteiger charge is -2.30. The highest BCUT2D eigenvalue weighted by Crippen LogP contribution is 2.23. The number of allylic oxidation sites excluding steroid dienone is 2. The van der Waals surface area contributed by atoms with Gasteiger partial charge in [-0.15, -0.1) is 0 Å². The summed E-state index contributed by atoms with van der Waals surface area (Å²) in [4.78, 5) is 204. The number of nitrogens with one attached hydrogen (secondary N) is 11. The Morgan fingerprint density at radius 3 is 1.48 bits per heavy atom. The van der Waals surface area contributed by atoms with E-state index in [-0.39, 0.29) is 69.1 Å². The van der Waals surface area contributed by atoms with E-state index >= 15 is 0 Å². The number of aliphatic carboxylic acids is 2. The second kappa shape index (κ2) is 50.8. The Hall–Kier alpha value is -10.4. The third kappa shape index (κ3) is 34.7. The molecule has 3 aromatic rings. The van der Waals surface area contributed by atoms with Gasteiger partial charge >= 0.3 is 11.9 Å². The molecule has 1 aromatic heterocycles. The van der Waals surface area contributed by atoms with Crippen LogP contribution >= 0.6 is 0 Å². The molecule has 1 fully saturated rings. The normalized spacial score (nSPS) is 16.2. The number of carboxylic acids is 2. The molecule has 0 unspecified atom stereocenters. The first kappa shape index (κ1) is 97.0. The zero-order valence-electron chi connectivity index (χ0n) is 67.5. The molecule has 13 amide bonds. The van der Waals surface area contributed by atoms with Crippen LogP contribution in [-0.2, 0) is 84.8 Å². The van der Waals surface area contributed by atoms with Crippen LogP contribution in [0, 0.1) is 17.8 Å². The summed E-state index contributed by atoms with van der Waals surface area (Å²) >= 11 is 0. The third-order valence-electron chi connectivity index (χ3n) is 20.0. The summed E-state index contributed by atoms with van der Waals surface area (Å²) < 4.78 is 0. The Morgan fingerprint density at radius 2 is 0.957 bits per heavy atom. The van der Waals surface area contributed by atoms with Crippen LogP contribution in [0.3, 0.4) is 0 Å². The van der Waals surface area contributed by atoms with Crippen LogP contribution in [0.15, 0.2) is 72.9 Å². The molecule has 34 heteroatoms. The van der Waals surface area contributed by atoms with Crippen LogP contribution in [0.25, 0.3) is 10.9 Å². The predicted molar refractivity (Wildman–Crippen MR) is 426 cm³/mol. The second-order valence-corrected chi connectivity index (χ2v) is 30.7. The van der Waals surface area contributed by atoms with E-state index in [0.29, 0.717) is 56.2 Å². The smallest absolute Gasteiger partial charge is 0.326 e. The number of primary amides is 2. The van der Waals surface area contributed by atoms with E-state index in [2.05, 4.69) is 70.3 Å². The number of benzene rings is 2. The van der Waals surface area contributed by atoms with Crippen LogP contribution in [0.1, 0.15) is 208 Å².